The molecule has 2 unspecified atom stereocenters. The molecule has 1 saturated carbocycles. The summed E-state index contributed by atoms with van der Waals surface area (Å²) in [4.78, 5) is 0. The number of rotatable bonds is 5. The van der Waals surface area contributed by atoms with Crippen LogP contribution in [0.25, 0.3) is 0 Å². The van der Waals surface area contributed by atoms with Crippen LogP contribution in [-0.4, -0.2) is 29.3 Å². The van der Waals surface area contributed by atoms with E-state index in [-0.39, 0.29) is 0 Å². The van der Waals surface area contributed by atoms with Crippen molar-refractivity contribution in [2.24, 2.45) is 5.73 Å². The Morgan fingerprint density at radius 3 is 2.76 bits per heavy atom. The topological polar surface area (TPSA) is 35.2 Å². The summed E-state index contributed by atoms with van der Waals surface area (Å²) in [5, 5.41) is 0. The molecular weight excluding hydrogens is 230 g/mol. The summed E-state index contributed by atoms with van der Waals surface area (Å²) < 4.78 is 6.34. The summed E-state index contributed by atoms with van der Waals surface area (Å²) in [5.74, 6) is 2.36. The highest BCUT2D eigenvalue weighted by Crippen LogP contribution is 2.42. The molecule has 1 heterocycles. The zero-order chi connectivity index (χ0) is 12.1. The third-order valence-electron chi connectivity index (χ3n) is 4.12. The minimum atomic E-state index is 0.296. The van der Waals surface area contributed by atoms with Gasteiger partial charge in [0.1, 0.15) is 0 Å². The van der Waals surface area contributed by atoms with Crippen LogP contribution in [0.1, 0.15) is 58.3 Å². The van der Waals surface area contributed by atoms with Crippen LogP contribution < -0.4 is 5.73 Å². The summed E-state index contributed by atoms with van der Waals surface area (Å²) >= 11 is 2.02. The predicted octanol–water partition coefficient (Wildman–Crippen LogP) is 3.34. The average molecular weight is 257 g/mol. The van der Waals surface area contributed by atoms with Crippen molar-refractivity contribution in [2.45, 2.75) is 76.0 Å². The second kappa shape index (κ2) is 6.44. The molecule has 1 saturated heterocycles. The number of hydrogen-bond donors (Lipinski definition) is 1. The fourth-order valence-electron chi connectivity index (χ4n) is 3.06. The van der Waals surface area contributed by atoms with E-state index >= 15 is 0 Å². The van der Waals surface area contributed by atoms with Gasteiger partial charge in [0.15, 0.2) is 0 Å². The molecule has 100 valence electrons. The summed E-state index contributed by atoms with van der Waals surface area (Å²) in [6.45, 7) is 2.09. The Morgan fingerprint density at radius 2 is 2.06 bits per heavy atom. The molecule has 1 spiro atoms. The molecule has 0 amide bonds. The Labute approximate surface area is 110 Å². The largest absolute Gasteiger partial charge is 0.371 e. The van der Waals surface area contributed by atoms with Crippen LogP contribution in [-0.2, 0) is 4.74 Å². The van der Waals surface area contributed by atoms with Gasteiger partial charge in [0, 0.05) is 11.8 Å². The van der Waals surface area contributed by atoms with E-state index in [1.165, 1.54) is 56.5 Å². The van der Waals surface area contributed by atoms with Crippen LogP contribution >= 0.6 is 11.8 Å². The molecule has 2 aliphatic rings. The maximum Gasteiger partial charge on any atom is 0.0687 e. The first-order valence-corrected chi connectivity index (χ1v) is 8.37. The third kappa shape index (κ3) is 4.15. The molecule has 2 rings (SSSR count). The number of hydrogen-bond acceptors (Lipinski definition) is 3. The van der Waals surface area contributed by atoms with Gasteiger partial charge in [-0.1, -0.05) is 19.3 Å². The van der Waals surface area contributed by atoms with Crippen LogP contribution in [0.5, 0.6) is 0 Å². The zero-order valence-corrected chi connectivity index (χ0v) is 11.9. The van der Waals surface area contributed by atoms with Gasteiger partial charge in [-0.2, -0.15) is 11.8 Å². The molecule has 0 bridgehead atoms. The van der Waals surface area contributed by atoms with Gasteiger partial charge < -0.3 is 10.5 Å². The van der Waals surface area contributed by atoms with Crippen LogP contribution in [0, 0.1) is 0 Å². The predicted molar refractivity (Wildman–Crippen MR) is 75.5 cm³/mol. The average Bonchev–Trinajstić information content (AvgIpc) is 2.69. The molecule has 0 aromatic rings. The van der Waals surface area contributed by atoms with Crippen LogP contribution in [0.15, 0.2) is 0 Å². The van der Waals surface area contributed by atoms with E-state index in [9.17, 15) is 0 Å². The fourth-order valence-corrected chi connectivity index (χ4v) is 4.26. The highest BCUT2D eigenvalue weighted by atomic mass is 32.2. The summed E-state index contributed by atoms with van der Waals surface area (Å²) in [6, 6.07) is 0.344. The van der Waals surface area contributed by atoms with E-state index < -0.39 is 0 Å². The van der Waals surface area contributed by atoms with Crippen LogP contribution in [0.3, 0.4) is 0 Å². The molecule has 2 fully saturated rings. The molecular formula is C14H27NOS. The Kier molecular flexibility index (Phi) is 5.19. The quantitative estimate of drug-likeness (QED) is 0.767. The van der Waals surface area contributed by atoms with Gasteiger partial charge in [0.25, 0.3) is 0 Å². The second-order valence-corrected chi connectivity index (χ2v) is 7.01. The highest BCUT2D eigenvalue weighted by molar-refractivity contribution is 7.99. The molecule has 0 aromatic carbocycles. The van der Waals surface area contributed by atoms with Crippen molar-refractivity contribution < 1.29 is 4.74 Å². The first kappa shape index (κ1) is 13.7. The minimum absolute atomic E-state index is 0.296. The minimum Gasteiger partial charge on any atom is -0.371 e. The Bertz CT molecular complexity index is 226. The van der Waals surface area contributed by atoms with E-state index in [0.717, 1.165) is 6.42 Å². The Hall–Kier alpha value is 0.270. The summed E-state index contributed by atoms with van der Waals surface area (Å²) in [5.41, 5.74) is 6.05. The van der Waals surface area contributed by atoms with E-state index in [1.807, 2.05) is 11.8 Å². The van der Waals surface area contributed by atoms with Crippen molar-refractivity contribution in [3.05, 3.63) is 0 Å². The van der Waals surface area contributed by atoms with Gasteiger partial charge in [0.05, 0.1) is 11.7 Å². The number of nitrogens with two attached hydrogens (primary N) is 1. The van der Waals surface area contributed by atoms with Gasteiger partial charge in [-0.15, -0.1) is 0 Å². The van der Waals surface area contributed by atoms with E-state index in [0.29, 0.717) is 17.7 Å². The zero-order valence-electron chi connectivity index (χ0n) is 11.1. The molecule has 0 aromatic heterocycles. The lowest BCUT2D eigenvalue weighted by Crippen LogP contribution is -2.32. The standard InChI is InChI=1S/C14H27NOS/c1-12(15)6-10-17-11-13-5-9-14(16-13)7-3-2-4-8-14/h12-13H,2-11,15H2,1H3. The molecule has 2 atom stereocenters. The maximum absolute atomic E-state index is 6.34. The fraction of sp³-hybridized carbons (Fsp3) is 1.00. The third-order valence-corrected chi connectivity index (χ3v) is 5.26. The Morgan fingerprint density at radius 1 is 1.29 bits per heavy atom. The molecule has 1 aliphatic carbocycles. The summed E-state index contributed by atoms with van der Waals surface area (Å²) in [6.07, 6.45) is 11.0. The molecule has 1 aliphatic heterocycles. The molecule has 3 heteroatoms. The Balaban J connectivity index is 1.64. The lowest BCUT2D eigenvalue weighted by molar-refractivity contribution is -0.0555. The van der Waals surface area contributed by atoms with E-state index in [4.69, 9.17) is 10.5 Å². The summed E-state index contributed by atoms with van der Waals surface area (Å²) in [7, 11) is 0. The SMILES string of the molecule is CC(N)CCSCC1CCC2(CCCCC2)O1. The lowest BCUT2D eigenvalue weighted by atomic mass is 9.83. The van der Waals surface area contributed by atoms with Crippen molar-refractivity contribution >= 4 is 11.8 Å². The smallest absolute Gasteiger partial charge is 0.0687 e. The molecule has 2 nitrogen and oxygen atoms in total. The lowest BCUT2D eigenvalue weighted by Gasteiger charge is -2.33. The van der Waals surface area contributed by atoms with Crippen LogP contribution in [0.4, 0.5) is 0 Å². The highest BCUT2D eigenvalue weighted by Gasteiger charge is 2.40. The van der Waals surface area contributed by atoms with E-state index in [1.54, 1.807) is 0 Å². The van der Waals surface area contributed by atoms with Crippen molar-refractivity contribution in [3.8, 4) is 0 Å². The van der Waals surface area contributed by atoms with Gasteiger partial charge in [-0.25, -0.2) is 0 Å². The first-order chi connectivity index (χ1) is 8.20. The van der Waals surface area contributed by atoms with Crippen molar-refractivity contribution in [1.82, 2.24) is 0 Å². The monoisotopic (exact) mass is 257 g/mol. The normalized spacial score (nSPS) is 29.6. The van der Waals surface area contributed by atoms with Gasteiger partial charge in [0.2, 0.25) is 0 Å². The second-order valence-electron chi connectivity index (χ2n) is 5.86. The molecule has 2 N–H and O–H groups in total. The van der Waals surface area contributed by atoms with Crippen molar-refractivity contribution in [3.63, 3.8) is 0 Å². The first-order valence-electron chi connectivity index (χ1n) is 7.21. The number of ether oxygens (including phenoxy) is 1. The van der Waals surface area contributed by atoms with Crippen molar-refractivity contribution in [1.29, 1.82) is 0 Å². The maximum atomic E-state index is 6.34. The van der Waals surface area contributed by atoms with E-state index in [2.05, 4.69) is 6.92 Å². The van der Waals surface area contributed by atoms with Gasteiger partial charge >= 0.3 is 0 Å². The van der Waals surface area contributed by atoms with Crippen LogP contribution in [0.2, 0.25) is 0 Å². The van der Waals surface area contributed by atoms with Gasteiger partial charge in [-0.3, -0.25) is 0 Å². The van der Waals surface area contributed by atoms with Crippen molar-refractivity contribution in [2.75, 3.05) is 11.5 Å². The van der Waals surface area contributed by atoms with Gasteiger partial charge in [-0.05, 0) is 44.8 Å². The number of thioether (sulfide) groups is 1. The molecule has 17 heavy (non-hydrogen) atoms. The molecule has 0 radical (unpaired) electrons.